The normalized spacial score (nSPS) is 18.0. The lowest BCUT2D eigenvalue weighted by molar-refractivity contribution is 0.0927. The van der Waals surface area contributed by atoms with Crippen molar-refractivity contribution in [1.82, 2.24) is 20.4 Å². The summed E-state index contributed by atoms with van der Waals surface area (Å²) in [5, 5.41) is 10.2. The number of halogens is 2. The van der Waals surface area contributed by atoms with Crippen molar-refractivity contribution >= 4 is 17.5 Å². The van der Waals surface area contributed by atoms with Crippen LogP contribution in [0.5, 0.6) is 0 Å². The first-order valence-corrected chi connectivity index (χ1v) is 7.93. The van der Waals surface area contributed by atoms with E-state index in [0.717, 1.165) is 25.1 Å². The molecular weight excluding hydrogens is 319 g/mol. The number of hydrogen-bond donors (Lipinski definition) is 2. The van der Waals surface area contributed by atoms with Crippen LogP contribution in [-0.4, -0.2) is 34.8 Å². The van der Waals surface area contributed by atoms with Crippen molar-refractivity contribution in [2.75, 3.05) is 13.1 Å². The molecule has 122 valence electrons. The molecule has 2 N–H and O–H groups in total. The second-order valence-electron chi connectivity index (χ2n) is 5.67. The van der Waals surface area contributed by atoms with E-state index in [9.17, 15) is 9.18 Å². The molecule has 2 heterocycles. The number of carbonyl (C=O) groups excluding carboxylic acids is 1. The second kappa shape index (κ2) is 6.68. The Labute approximate surface area is 138 Å². The molecule has 1 saturated heterocycles. The van der Waals surface area contributed by atoms with Crippen LogP contribution in [0, 0.1) is 5.82 Å². The zero-order valence-corrected chi connectivity index (χ0v) is 13.5. The van der Waals surface area contributed by atoms with Gasteiger partial charge in [0.05, 0.1) is 16.3 Å². The van der Waals surface area contributed by atoms with E-state index < -0.39 is 11.7 Å². The highest BCUT2D eigenvalue weighted by Crippen LogP contribution is 2.28. The minimum atomic E-state index is -0.630. The summed E-state index contributed by atoms with van der Waals surface area (Å²) in [5.41, 5.74) is 1.21. The molecule has 2 aromatic rings. The second-order valence-corrected chi connectivity index (χ2v) is 6.08. The fourth-order valence-corrected chi connectivity index (χ4v) is 3.12. The Morgan fingerprint density at radius 2 is 2.35 bits per heavy atom. The lowest BCUT2D eigenvalue weighted by atomic mass is 10.0. The molecule has 1 aromatic heterocycles. The maximum atomic E-state index is 14.4. The molecule has 0 saturated carbocycles. The van der Waals surface area contributed by atoms with Crippen molar-refractivity contribution in [2.24, 2.45) is 7.05 Å². The van der Waals surface area contributed by atoms with Crippen LogP contribution in [0.25, 0.3) is 11.3 Å². The molecular formula is C16H18ClFN4O. The standard InChI is InChI=1S/C16H18ClFN4O/c1-22-14(4-6-20-22)10-7-12(17)15(13(18)8-10)16(23)21-11-3-2-5-19-9-11/h4,6-8,11,19H,2-3,5,9H2,1H3,(H,21,23). The van der Waals surface area contributed by atoms with Crippen molar-refractivity contribution in [3.05, 3.63) is 40.8 Å². The largest absolute Gasteiger partial charge is 0.348 e. The lowest BCUT2D eigenvalue weighted by Crippen LogP contribution is -2.45. The molecule has 1 fully saturated rings. The van der Waals surface area contributed by atoms with Crippen LogP contribution in [-0.2, 0) is 7.05 Å². The van der Waals surface area contributed by atoms with Crippen LogP contribution >= 0.6 is 11.6 Å². The highest BCUT2D eigenvalue weighted by atomic mass is 35.5. The van der Waals surface area contributed by atoms with Gasteiger partial charge in [0.25, 0.3) is 5.91 Å². The monoisotopic (exact) mass is 336 g/mol. The predicted molar refractivity (Wildman–Crippen MR) is 87.0 cm³/mol. The molecule has 23 heavy (non-hydrogen) atoms. The zero-order chi connectivity index (χ0) is 16.4. The molecule has 1 aliphatic rings. The van der Waals surface area contributed by atoms with Crippen LogP contribution in [0.4, 0.5) is 4.39 Å². The smallest absolute Gasteiger partial charge is 0.256 e. The van der Waals surface area contributed by atoms with E-state index in [1.165, 1.54) is 6.07 Å². The molecule has 1 atom stereocenters. The lowest BCUT2D eigenvalue weighted by Gasteiger charge is -2.24. The zero-order valence-electron chi connectivity index (χ0n) is 12.8. The van der Waals surface area contributed by atoms with E-state index in [2.05, 4.69) is 15.7 Å². The summed E-state index contributed by atoms with van der Waals surface area (Å²) in [6.45, 7) is 1.64. The Balaban J connectivity index is 1.85. The number of aromatic nitrogens is 2. The molecule has 7 heteroatoms. The van der Waals surface area contributed by atoms with Crippen LogP contribution < -0.4 is 10.6 Å². The summed E-state index contributed by atoms with van der Waals surface area (Å²) in [5.74, 6) is -1.10. The molecule has 3 rings (SSSR count). The average molecular weight is 337 g/mol. The van der Waals surface area contributed by atoms with Gasteiger partial charge in [0.15, 0.2) is 0 Å². The Kier molecular flexibility index (Phi) is 4.63. The number of hydrogen-bond acceptors (Lipinski definition) is 3. The van der Waals surface area contributed by atoms with Gasteiger partial charge >= 0.3 is 0 Å². The van der Waals surface area contributed by atoms with E-state index >= 15 is 0 Å². The van der Waals surface area contributed by atoms with Gasteiger partial charge in [-0.2, -0.15) is 5.10 Å². The van der Waals surface area contributed by atoms with E-state index in [4.69, 9.17) is 11.6 Å². The summed E-state index contributed by atoms with van der Waals surface area (Å²) in [7, 11) is 1.76. The molecule has 0 spiro atoms. The van der Waals surface area contributed by atoms with Gasteiger partial charge in [0.2, 0.25) is 0 Å². The number of amides is 1. The third-order valence-corrected chi connectivity index (χ3v) is 4.32. The van der Waals surface area contributed by atoms with Gasteiger partial charge in [-0.05, 0) is 37.6 Å². The number of nitrogens with zero attached hydrogens (tertiary/aromatic N) is 2. The molecule has 0 aliphatic carbocycles. The number of piperidine rings is 1. The van der Waals surface area contributed by atoms with Crippen molar-refractivity contribution in [3.8, 4) is 11.3 Å². The van der Waals surface area contributed by atoms with Gasteiger partial charge in [-0.15, -0.1) is 0 Å². The summed E-state index contributed by atoms with van der Waals surface area (Å²) in [4.78, 5) is 12.3. The van der Waals surface area contributed by atoms with E-state index in [1.54, 1.807) is 30.1 Å². The first kappa shape index (κ1) is 16.0. The number of benzene rings is 1. The third kappa shape index (κ3) is 3.38. The number of nitrogens with one attached hydrogen (secondary N) is 2. The fourth-order valence-electron chi connectivity index (χ4n) is 2.83. The van der Waals surface area contributed by atoms with Crippen LogP contribution in [0.1, 0.15) is 23.2 Å². The Bertz CT molecular complexity index is 702. The highest BCUT2D eigenvalue weighted by Gasteiger charge is 2.22. The molecule has 0 bridgehead atoms. The molecule has 1 aromatic carbocycles. The topological polar surface area (TPSA) is 59.0 Å². The van der Waals surface area contributed by atoms with Crippen molar-refractivity contribution in [1.29, 1.82) is 0 Å². The minimum absolute atomic E-state index is 0.00321. The first-order chi connectivity index (χ1) is 11.1. The predicted octanol–water partition coefficient (Wildman–Crippen LogP) is 2.36. The van der Waals surface area contributed by atoms with Gasteiger partial charge in [0, 0.05) is 31.4 Å². The molecule has 1 unspecified atom stereocenters. The molecule has 0 radical (unpaired) electrons. The molecule has 1 aliphatic heterocycles. The van der Waals surface area contributed by atoms with E-state index in [1.807, 2.05) is 0 Å². The van der Waals surface area contributed by atoms with E-state index in [0.29, 0.717) is 12.1 Å². The Hall–Kier alpha value is -1.92. The van der Waals surface area contributed by atoms with Gasteiger partial charge in [0.1, 0.15) is 5.82 Å². The van der Waals surface area contributed by atoms with E-state index in [-0.39, 0.29) is 16.6 Å². The van der Waals surface area contributed by atoms with Gasteiger partial charge in [-0.1, -0.05) is 11.6 Å². The average Bonchev–Trinajstić information content (AvgIpc) is 2.93. The molecule has 5 nitrogen and oxygen atoms in total. The Morgan fingerprint density at radius 1 is 1.52 bits per heavy atom. The van der Waals surface area contributed by atoms with Crippen molar-refractivity contribution in [3.63, 3.8) is 0 Å². The van der Waals surface area contributed by atoms with Gasteiger partial charge in [-0.25, -0.2) is 4.39 Å². The van der Waals surface area contributed by atoms with Crippen molar-refractivity contribution < 1.29 is 9.18 Å². The summed E-state index contributed by atoms with van der Waals surface area (Å²) >= 11 is 6.17. The quantitative estimate of drug-likeness (QED) is 0.904. The van der Waals surface area contributed by atoms with Crippen LogP contribution in [0.3, 0.4) is 0 Å². The fraction of sp³-hybridized carbons (Fsp3) is 0.375. The summed E-state index contributed by atoms with van der Waals surface area (Å²) in [6.07, 6.45) is 3.49. The van der Waals surface area contributed by atoms with Gasteiger partial charge in [-0.3, -0.25) is 9.48 Å². The SMILES string of the molecule is Cn1nccc1-c1cc(F)c(C(=O)NC2CCCNC2)c(Cl)c1. The first-order valence-electron chi connectivity index (χ1n) is 7.55. The minimum Gasteiger partial charge on any atom is -0.348 e. The highest BCUT2D eigenvalue weighted by molar-refractivity contribution is 6.34. The maximum Gasteiger partial charge on any atom is 0.256 e. The summed E-state index contributed by atoms with van der Waals surface area (Å²) in [6, 6.07) is 4.67. The van der Waals surface area contributed by atoms with Crippen LogP contribution in [0.2, 0.25) is 5.02 Å². The Morgan fingerprint density at radius 3 is 2.96 bits per heavy atom. The third-order valence-electron chi connectivity index (χ3n) is 4.02. The number of carbonyl (C=O) groups is 1. The molecule has 1 amide bonds. The maximum absolute atomic E-state index is 14.4. The van der Waals surface area contributed by atoms with Crippen LogP contribution in [0.15, 0.2) is 24.4 Å². The number of aryl methyl sites for hydroxylation is 1. The van der Waals surface area contributed by atoms with Crippen molar-refractivity contribution in [2.45, 2.75) is 18.9 Å². The van der Waals surface area contributed by atoms with Gasteiger partial charge < -0.3 is 10.6 Å². The summed E-state index contributed by atoms with van der Waals surface area (Å²) < 4.78 is 16.1. The number of rotatable bonds is 3.